The molecule has 0 radical (unpaired) electrons. The lowest BCUT2D eigenvalue weighted by atomic mass is 9.93. The molecular weight excluding hydrogens is 268 g/mol. The van der Waals surface area contributed by atoms with Crippen molar-refractivity contribution in [2.45, 2.75) is 45.3 Å². The zero-order valence-corrected chi connectivity index (χ0v) is 12.5. The second-order valence-corrected chi connectivity index (χ2v) is 5.51. The summed E-state index contributed by atoms with van der Waals surface area (Å²) in [6.45, 7) is 5.09. The standard InChI is InChI=1S/C16H22N2O3/c1-3-17-11(2)8-15(19)18-10-13-7-5-4-6-12(13)9-14(18)16(20)21/h4-7,11,14,17H,3,8-10H2,1-2H3,(H,20,21)/t11?,14-/m1/s1. The number of nitrogens with zero attached hydrogens (tertiary/aromatic N) is 1. The Labute approximate surface area is 125 Å². The molecule has 0 aliphatic carbocycles. The predicted molar refractivity (Wildman–Crippen MR) is 79.9 cm³/mol. The number of amides is 1. The van der Waals surface area contributed by atoms with Crippen LogP contribution in [0.15, 0.2) is 24.3 Å². The molecule has 2 N–H and O–H groups in total. The van der Waals surface area contributed by atoms with Crippen molar-refractivity contribution < 1.29 is 14.7 Å². The van der Waals surface area contributed by atoms with Gasteiger partial charge >= 0.3 is 5.97 Å². The topological polar surface area (TPSA) is 69.6 Å². The summed E-state index contributed by atoms with van der Waals surface area (Å²) in [4.78, 5) is 25.4. The number of carbonyl (C=O) groups is 2. The van der Waals surface area contributed by atoms with Gasteiger partial charge in [-0.05, 0) is 24.6 Å². The van der Waals surface area contributed by atoms with Crippen molar-refractivity contribution in [2.75, 3.05) is 6.54 Å². The largest absolute Gasteiger partial charge is 0.480 e. The molecule has 0 saturated carbocycles. The molecule has 0 aromatic heterocycles. The van der Waals surface area contributed by atoms with Gasteiger partial charge in [0, 0.05) is 25.4 Å². The summed E-state index contributed by atoms with van der Waals surface area (Å²) in [6, 6.07) is 7.01. The number of hydrogen-bond donors (Lipinski definition) is 2. The van der Waals surface area contributed by atoms with E-state index in [4.69, 9.17) is 0 Å². The average Bonchev–Trinajstić information content (AvgIpc) is 2.45. The highest BCUT2D eigenvalue weighted by molar-refractivity contribution is 5.84. The zero-order chi connectivity index (χ0) is 15.4. The second-order valence-electron chi connectivity index (χ2n) is 5.51. The molecule has 0 fully saturated rings. The van der Waals surface area contributed by atoms with E-state index < -0.39 is 12.0 Å². The highest BCUT2D eigenvalue weighted by Crippen LogP contribution is 2.24. The Morgan fingerprint density at radius 3 is 2.67 bits per heavy atom. The molecule has 114 valence electrons. The third kappa shape index (κ3) is 3.61. The van der Waals surface area contributed by atoms with Crippen LogP contribution in [0.3, 0.4) is 0 Å². The van der Waals surface area contributed by atoms with Gasteiger partial charge in [-0.25, -0.2) is 4.79 Å². The maximum atomic E-state index is 12.4. The number of hydrogen-bond acceptors (Lipinski definition) is 3. The minimum absolute atomic E-state index is 0.0501. The third-order valence-corrected chi connectivity index (χ3v) is 3.89. The Balaban J connectivity index is 2.16. The Morgan fingerprint density at radius 1 is 1.38 bits per heavy atom. The van der Waals surface area contributed by atoms with Crippen LogP contribution < -0.4 is 5.32 Å². The van der Waals surface area contributed by atoms with Crippen molar-refractivity contribution >= 4 is 11.9 Å². The number of benzene rings is 1. The van der Waals surface area contributed by atoms with E-state index in [1.165, 1.54) is 4.90 Å². The monoisotopic (exact) mass is 290 g/mol. The van der Waals surface area contributed by atoms with Crippen molar-refractivity contribution in [3.63, 3.8) is 0 Å². The molecule has 1 amide bonds. The fraction of sp³-hybridized carbons (Fsp3) is 0.500. The van der Waals surface area contributed by atoms with Crippen molar-refractivity contribution in [3.8, 4) is 0 Å². The lowest BCUT2D eigenvalue weighted by Gasteiger charge is -2.35. The molecule has 1 heterocycles. The number of aliphatic carboxylic acids is 1. The molecule has 2 atom stereocenters. The van der Waals surface area contributed by atoms with Crippen LogP contribution in [0.1, 0.15) is 31.4 Å². The zero-order valence-electron chi connectivity index (χ0n) is 12.5. The van der Waals surface area contributed by atoms with Crippen LogP contribution in [0.5, 0.6) is 0 Å². The molecule has 1 aromatic carbocycles. The molecular formula is C16H22N2O3. The smallest absolute Gasteiger partial charge is 0.326 e. The molecule has 1 aliphatic rings. The summed E-state index contributed by atoms with van der Waals surface area (Å²) in [5.74, 6) is -1.04. The van der Waals surface area contributed by atoms with Crippen molar-refractivity contribution in [2.24, 2.45) is 0 Å². The number of carboxylic acids is 1. The molecule has 21 heavy (non-hydrogen) atoms. The molecule has 0 saturated heterocycles. The van der Waals surface area contributed by atoms with Crippen LogP contribution >= 0.6 is 0 Å². The molecule has 1 aromatic rings. The van der Waals surface area contributed by atoms with Gasteiger partial charge in [0.05, 0.1) is 0 Å². The van der Waals surface area contributed by atoms with Gasteiger partial charge in [0.15, 0.2) is 0 Å². The van der Waals surface area contributed by atoms with Gasteiger partial charge in [-0.2, -0.15) is 0 Å². The first-order chi connectivity index (χ1) is 10.0. The molecule has 2 rings (SSSR count). The van der Waals surface area contributed by atoms with Gasteiger partial charge in [-0.1, -0.05) is 31.2 Å². The maximum Gasteiger partial charge on any atom is 0.326 e. The predicted octanol–water partition coefficient (Wildman–Crippen LogP) is 1.41. The lowest BCUT2D eigenvalue weighted by Crippen LogP contribution is -2.49. The highest BCUT2D eigenvalue weighted by atomic mass is 16.4. The summed E-state index contributed by atoms with van der Waals surface area (Å²) in [5, 5.41) is 12.6. The number of nitrogens with one attached hydrogen (secondary N) is 1. The molecule has 0 bridgehead atoms. The van der Waals surface area contributed by atoms with Gasteiger partial charge < -0.3 is 15.3 Å². The minimum Gasteiger partial charge on any atom is -0.480 e. The average molecular weight is 290 g/mol. The van der Waals surface area contributed by atoms with Crippen LogP contribution in [-0.2, 0) is 22.6 Å². The summed E-state index contributed by atoms with van der Waals surface area (Å²) < 4.78 is 0. The van der Waals surface area contributed by atoms with E-state index in [-0.39, 0.29) is 11.9 Å². The first kappa shape index (κ1) is 15.5. The van der Waals surface area contributed by atoms with Gasteiger partial charge in [-0.3, -0.25) is 4.79 Å². The van der Waals surface area contributed by atoms with E-state index in [1.807, 2.05) is 38.1 Å². The number of rotatable bonds is 5. The SMILES string of the molecule is CCNC(C)CC(=O)N1Cc2ccccc2C[C@@H]1C(=O)O. The summed E-state index contributed by atoms with van der Waals surface area (Å²) in [5.41, 5.74) is 2.06. The molecule has 5 heteroatoms. The quantitative estimate of drug-likeness (QED) is 0.860. The molecule has 0 spiro atoms. The third-order valence-electron chi connectivity index (χ3n) is 3.89. The minimum atomic E-state index is -0.936. The lowest BCUT2D eigenvalue weighted by molar-refractivity contribution is -0.151. The first-order valence-electron chi connectivity index (χ1n) is 7.35. The van der Waals surface area contributed by atoms with Crippen LogP contribution in [0.4, 0.5) is 0 Å². The Hall–Kier alpha value is -1.88. The van der Waals surface area contributed by atoms with Gasteiger partial charge in [0.2, 0.25) is 5.91 Å². The van der Waals surface area contributed by atoms with Gasteiger partial charge in [-0.15, -0.1) is 0 Å². The van der Waals surface area contributed by atoms with E-state index >= 15 is 0 Å². The van der Waals surface area contributed by atoms with Crippen molar-refractivity contribution in [1.29, 1.82) is 0 Å². The number of fused-ring (bicyclic) bond motifs is 1. The normalized spacial score (nSPS) is 19.0. The fourth-order valence-electron chi connectivity index (χ4n) is 2.81. The van der Waals surface area contributed by atoms with Crippen LogP contribution in [0, 0.1) is 0 Å². The van der Waals surface area contributed by atoms with Gasteiger partial charge in [0.25, 0.3) is 0 Å². The van der Waals surface area contributed by atoms with E-state index in [0.717, 1.165) is 17.7 Å². The van der Waals surface area contributed by atoms with Crippen molar-refractivity contribution in [1.82, 2.24) is 10.2 Å². The molecule has 5 nitrogen and oxygen atoms in total. The Morgan fingerprint density at radius 2 is 2.05 bits per heavy atom. The number of carbonyl (C=O) groups excluding carboxylic acids is 1. The summed E-state index contributed by atoms with van der Waals surface area (Å²) in [7, 11) is 0. The van der Waals surface area contributed by atoms with Crippen LogP contribution in [-0.4, -0.2) is 40.5 Å². The molecule has 1 aliphatic heterocycles. The van der Waals surface area contributed by atoms with Crippen molar-refractivity contribution in [3.05, 3.63) is 35.4 Å². The van der Waals surface area contributed by atoms with E-state index in [2.05, 4.69) is 5.32 Å². The van der Waals surface area contributed by atoms with E-state index in [9.17, 15) is 14.7 Å². The van der Waals surface area contributed by atoms with Crippen LogP contribution in [0.25, 0.3) is 0 Å². The van der Waals surface area contributed by atoms with Gasteiger partial charge in [0.1, 0.15) is 6.04 Å². The Kier molecular flexibility index (Phi) is 4.96. The molecule has 1 unspecified atom stereocenters. The number of carboxylic acid groups (broad SMARTS) is 1. The van der Waals surface area contributed by atoms with E-state index in [1.54, 1.807) is 0 Å². The summed E-state index contributed by atoms with van der Waals surface area (Å²) in [6.07, 6.45) is 0.701. The second kappa shape index (κ2) is 6.72. The summed E-state index contributed by atoms with van der Waals surface area (Å²) >= 11 is 0. The Bertz CT molecular complexity index is 530. The first-order valence-corrected chi connectivity index (χ1v) is 7.35. The van der Waals surface area contributed by atoms with Crippen LogP contribution in [0.2, 0.25) is 0 Å². The maximum absolute atomic E-state index is 12.4. The highest BCUT2D eigenvalue weighted by Gasteiger charge is 2.34. The van der Waals surface area contributed by atoms with E-state index in [0.29, 0.717) is 19.4 Å². The fourth-order valence-corrected chi connectivity index (χ4v) is 2.81.